The summed E-state index contributed by atoms with van der Waals surface area (Å²) in [5.74, 6) is -0.535. The molecular formula is C18H17NO4. The van der Waals surface area contributed by atoms with Crippen molar-refractivity contribution in [3.63, 3.8) is 0 Å². The lowest BCUT2D eigenvalue weighted by molar-refractivity contribution is -0.132. The van der Waals surface area contributed by atoms with Crippen LogP contribution in [-0.4, -0.2) is 17.2 Å². The third-order valence-electron chi connectivity index (χ3n) is 3.36. The average molecular weight is 311 g/mol. The summed E-state index contributed by atoms with van der Waals surface area (Å²) in [5.41, 5.74) is 1.52. The summed E-state index contributed by atoms with van der Waals surface area (Å²) < 4.78 is 10.8. The van der Waals surface area contributed by atoms with Gasteiger partial charge in [0.2, 0.25) is 0 Å². The van der Waals surface area contributed by atoms with E-state index in [0.29, 0.717) is 17.9 Å². The van der Waals surface area contributed by atoms with E-state index in [1.165, 1.54) is 6.92 Å². The number of nitrogens with zero attached hydrogens (tertiary/aromatic N) is 1. The van der Waals surface area contributed by atoms with Crippen molar-refractivity contribution in [2.24, 2.45) is 0 Å². The van der Waals surface area contributed by atoms with E-state index in [-0.39, 0.29) is 17.8 Å². The molecule has 23 heavy (non-hydrogen) atoms. The molecule has 0 aromatic heterocycles. The molecule has 5 nitrogen and oxygen atoms in total. The highest BCUT2D eigenvalue weighted by Crippen LogP contribution is 2.29. The quantitative estimate of drug-likeness (QED) is 0.844. The predicted octanol–water partition coefficient (Wildman–Crippen LogP) is 3.31. The van der Waals surface area contributed by atoms with Gasteiger partial charge in [-0.05, 0) is 24.1 Å². The third kappa shape index (κ3) is 4.24. The van der Waals surface area contributed by atoms with Crippen molar-refractivity contribution in [3.05, 3.63) is 71.2 Å². The van der Waals surface area contributed by atoms with Crippen molar-refractivity contribution in [3.8, 4) is 6.07 Å². The normalized spacial score (nSPS) is 19.0. The van der Waals surface area contributed by atoms with Crippen molar-refractivity contribution in [2.45, 2.75) is 26.1 Å². The molecule has 0 bridgehead atoms. The molecule has 1 heterocycles. The van der Waals surface area contributed by atoms with Crippen LogP contribution in [0.15, 0.2) is 65.7 Å². The van der Waals surface area contributed by atoms with Gasteiger partial charge < -0.3 is 14.6 Å². The van der Waals surface area contributed by atoms with E-state index < -0.39 is 12.1 Å². The number of hydrogen-bond donors (Lipinski definition) is 1. The van der Waals surface area contributed by atoms with Crippen LogP contribution < -0.4 is 0 Å². The second kappa shape index (κ2) is 7.32. The SMILES string of the molecule is C=C(/C=C1\CC(C#N)OC(C)=C1C(=O)O)OCc1ccccc1. The van der Waals surface area contributed by atoms with Gasteiger partial charge in [-0.2, -0.15) is 5.26 Å². The first-order valence-electron chi connectivity index (χ1n) is 7.08. The van der Waals surface area contributed by atoms with Crippen molar-refractivity contribution in [2.75, 3.05) is 0 Å². The lowest BCUT2D eigenvalue weighted by atomic mass is 9.95. The number of aliphatic carboxylic acids is 1. The van der Waals surface area contributed by atoms with Gasteiger partial charge in [0.05, 0.1) is 0 Å². The van der Waals surface area contributed by atoms with Crippen molar-refractivity contribution in [1.29, 1.82) is 5.26 Å². The van der Waals surface area contributed by atoms with E-state index in [9.17, 15) is 9.90 Å². The van der Waals surface area contributed by atoms with E-state index in [0.717, 1.165) is 5.56 Å². The minimum Gasteiger partial charge on any atom is -0.490 e. The molecule has 1 aromatic carbocycles. The Labute approximate surface area is 134 Å². The standard InChI is InChI=1S/C18H17NO4/c1-12(22-11-14-6-4-3-5-7-14)8-15-9-16(10-19)23-13(2)17(15)18(20)21/h3-8,16H,1,9,11H2,2H3,(H,20,21)/b15-8+. The summed E-state index contributed by atoms with van der Waals surface area (Å²) in [6.45, 7) is 5.67. The minimum absolute atomic E-state index is 0.0564. The molecule has 1 N–H and O–H groups in total. The Hall–Kier alpha value is -3.00. The fourth-order valence-corrected chi connectivity index (χ4v) is 2.32. The Morgan fingerprint density at radius 1 is 1.52 bits per heavy atom. The lowest BCUT2D eigenvalue weighted by Gasteiger charge is -2.23. The van der Waals surface area contributed by atoms with Gasteiger partial charge in [-0.3, -0.25) is 0 Å². The molecule has 5 heteroatoms. The Morgan fingerprint density at radius 3 is 2.83 bits per heavy atom. The number of rotatable bonds is 5. The summed E-state index contributed by atoms with van der Waals surface area (Å²) in [6, 6.07) is 11.6. The molecule has 2 rings (SSSR count). The van der Waals surface area contributed by atoms with Crippen LogP contribution in [0.2, 0.25) is 0 Å². The number of carboxylic acids is 1. The fourth-order valence-electron chi connectivity index (χ4n) is 2.32. The Morgan fingerprint density at radius 2 is 2.22 bits per heavy atom. The lowest BCUT2D eigenvalue weighted by Crippen LogP contribution is -2.22. The minimum atomic E-state index is -1.10. The van der Waals surface area contributed by atoms with Crippen LogP contribution in [0.1, 0.15) is 18.9 Å². The molecule has 1 aliphatic heterocycles. The largest absolute Gasteiger partial charge is 0.490 e. The van der Waals surface area contributed by atoms with E-state index in [1.807, 2.05) is 36.4 Å². The van der Waals surface area contributed by atoms with E-state index in [2.05, 4.69) is 6.58 Å². The molecule has 0 saturated heterocycles. The number of benzene rings is 1. The number of ether oxygens (including phenoxy) is 2. The van der Waals surface area contributed by atoms with Gasteiger partial charge >= 0.3 is 5.97 Å². The van der Waals surface area contributed by atoms with Gasteiger partial charge in [-0.1, -0.05) is 36.9 Å². The first-order chi connectivity index (χ1) is 11.0. The molecule has 1 unspecified atom stereocenters. The maximum absolute atomic E-state index is 11.4. The third-order valence-corrected chi connectivity index (χ3v) is 3.36. The van der Waals surface area contributed by atoms with Crippen molar-refractivity contribution < 1.29 is 19.4 Å². The van der Waals surface area contributed by atoms with Gasteiger partial charge in [0.1, 0.15) is 29.8 Å². The second-order valence-electron chi connectivity index (χ2n) is 5.09. The summed E-state index contributed by atoms with van der Waals surface area (Å²) in [4.78, 5) is 11.4. The van der Waals surface area contributed by atoms with E-state index in [4.69, 9.17) is 14.7 Å². The molecule has 0 amide bonds. The van der Waals surface area contributed by atoms with Crippen molar-refractivity contribution in [1.82, 2.24) is 0 Å². The molecule has 0 fully saturated rings. The van der Waals surface area contributed by atoms with E-state index >= 15 is 0 Å². The highest BCUT2D eigenvalue weighted by Gasteiger charge is 2.28. The predicted molar refractivity (Wildman–Crippen MR) is 83.9 cm³/mol. The average Bonchev–Trinajstić information content (AvgIpc) is 2.53. The summed E-state index contributed by atoms with van der Waals surface area (Å²) in [6.07, 6.45) is 1.04. The maximum atomic E-state index is 11.4. The number of carbonyl (C=O) groups is 1. The molecule has 0 radical (unpaired) electrons. The zero-order valence-corrected chi connectivity index (χ0v) is 12.8. The zero-order chi connectivity index (χ0) is 16.8. The number of allylic oxidation sites excluding steroid dienone is 2. The number of nitriles is 1. The van der Waals surface area contributed by atoms with E-state index in [1.54, 1.807) is 6.08 Å². The van der Waals surface area contributed by atoms with Crippen LogP contribution in [-0.2, 0) is 20.9 Å². The highest BCUT2D eigenvalue weighted by atomic mass is 16.5. The van der Waals surface area contributed by atoms with Crippen LogP contribution in [0.3, 0.4) is 0 Å². The van der Waals surface area contributed by atoms with Crippen molar-refractivity contribution >= 4 is 5.97 Å². The smallest absolute Gasteiger partial charge is 0.339 e. The Bertz CT molecular complexity index is 710. The first kappa shape index (κ1) is 16.4. The zero-order valence-electron chi connectivity index (χ0n) is 12.8. The summed E-state index contributed by atoms with van der Waals surface area (Å²) in [7, 11) is 0. The molecule has 1 aliphatic rings. The van der Waals surface area contributed by atoms with Gasteiger partial charge in [-0.25, -0.2) is 4.79 Å². The highest BCUT2D eigenvalue weighted by molar-refractivity contribution is 5.92. The molecule has 1 aromatic rings. The molecule has 118 valence electrons. The summed E-state index contributed by atoms with van der Waals surface area (Å²) >= 11 is 0. The number of hydrogen-bond acceptors (Lipinski definition) is 4. The van der Waals surface area contributed by atoms with Crippen LogP contribution in [0.25, 0.3) is 0 Å². The second-order valence-corrected chi connectivity index (χ2v) is 5.09. The molecule has 0 spiro atoms. The topological polar surface area (TPSA) is 79.5 Å². The van der Waals surface area contributed by atoms with Crippen LogP contribution in [0, 0.1) is 11.3 Å². The molecule has 1 atom stereocenters. The van der Waals surface area contributed by atoms with Crippen LogP contribution >= 0.6 is 0 Å². The number of carboxylic acid groups (broad SMARTS) is 1. The molecule has 0 aliphatic carbocycles. The van der Waals surface area contributed by atoms with Gasteiger partial charge in [0, 0.05) is 6.42 Å². The fraction of sp³-hybridized carbons (Fsp3) is 0.222. The maximum Gasteiger partial charge on any atom is 0.339 e. The molecule has 0 saturated carbocycles. The van der Waals surface area contributed by atoms with Gasteiger partial charge in [0.15, 0.2) is 6.10 Å². The monoisotopic (exact) mass is 311 g/mol. The van der Waals surface area contributed by atoms with Crippen LogP contribution in [0.4, 0.5) is 0 Å². The summed E-state index contributed by atoms with van der Waals surface area (Å²) in [5, 5.41) is 18.3. The Balaban J connectivity index is 2.15. The van der Waals surface area contributed by atoms with Gasteiger partial charge in [0.25, 0.3) is 0 Å². The molecular weight excluding hydrogens is 294 g/mol. The first-order valence-corrected chi connectivity index (χ1v) is 7.08. The van der Waals surface area contributed by atoms with Crippen LogP contribution in [0.5, 0.6) is 0 Å². The Kier molecular flexibility index (Phi) is 5.21. The van der Waals surface area contributed by atoms with Gasteiger partial charge in [-0.15, -0.1) is 0 Å².